The highest BCUT2D eigenvalue weighted by molar-refractivity contribution is 9.10. The number of carbonyl (C=O) groups is 2. The van der Waals surface area contributed by atoms with Crippen LogP contribution < -0.4 is 10.6 Å². The van der Waals surface area contributed by atoms with Crippen molar-refractivity contribution in [2.24, 2.45) is 0 Å². The zero-order valence-corrected chi connectivity index (χ0v) is 18.9. The molecule has 10 heteroatoms. The average molecular weight is 480 g/mol. The van der Waals surface area contributed by atoms with Gasteiger partial charge in [-0.25, -0.2) is 12.7 Å². The summed E-state index contributed by atoms with van der Waals surface area (Å²) in [6.07, 6.45) is 4.07. The van der Waals surface area contributed by atoms with Crippen LogP contribution in [0.5, 0.6) is 0 Å². The van der Waals surface area contributed by atoms with Crippen molar-refractivity contribution in [3.05, 3.63) is 34.3 Å². The maximum absolute atomic E-state index is 12.5. The zero-order valence-electron chi connectivity index (χ0n) is 15.7. The van der Waals surface area contributed by atoms with E-state index in [0.29, 0.717) is 36.0 Å². The topological polar surface area (TPSA) is 95.6 Å². The van der Waals surface area contributed by atoms with E-state index in [9.17, 15) is 18.0 Å². The van der Waals surface area contributed by atoms with Crippen LogP contribution in [-0.2, 0) is 14.8 Å². The summed E-state index contributed by atoms with van der Waals surface area (Å²) in [6.45, 7) is 0.650. The molecule has 1 rings (SSSR count). The van der Waals surface area contributed by atoms with Crippen LogP contribution in [0.2, 0.25) is 0 Å². The molecule has 0 aliphatic heterocycles. The summed E-state index contributed by atoms with van der Waals surface area (Å²) in [5.41, 5.74) is 0.467. The third-order valence-electron chi connectivity index (χ3n) is 3.87. The summed E-state index contributed by atoms with van der Waals surface area (Å²) < 4.78 is 24.6. The molecule has 0 radical (unpaired) electrons. The highest BCUT2D eigenvalue weighted by Gasteiger charge is 2.22. The van der Waals surface area contributed by atoms with Crippen LogP contribution in [0.3, 0.4) is 0 Å². The monoisotopic (exact) mass is 479 g/mol. The van der Waals surface area contributed by atoms with Crippen molar-refractivity contribution < 1.29 is 18.0 Å². The minimum Gasteiger partial charge on any atom is -0.354 e. The van der Waals surface area contributed by atoms with E-state index in [-0.39, 0.29) is 11.8 Å². The van der Waals surface area contributed by atoms with Crippen LogP contribution in [0.1, 0.15) is 23.2 Å². The molecule has 27 heavy (non-hydrogen) atoms. The fourth-order valence-electron chi connectivity index (χ4n) is 2.19. The minimum absolute atomic E-state index is 0.272. The Balaban J connectivity index is 2.61. The number of amides is 2. The predicted octanol–water partition coefficient (Wildman–Crippen LogP) is 1.70. The molecule has 0 saturated heterocycles. The van der Waals surface area contributed by atoms with E-state index in [0.717, 1.165) is 12.0 Å². The Bertz CT molecular complexity index is 743. The number of hydrogen-bond acceptors (Lipinski definition) is 5. The molecule has 1 aromatic rings. The molecule has 7 nitrogen and oxygen atoms in total. The molecule has 0 saturated carbocycles. The molecule has 1 unspecified atom stereocenters. The van der Waals surface area contributed by atoms with Crippen LogP contribution in [-0.4, -0.2) is 69.0 Å². The van der Waals surface area contributed by atoms with Crippen LogP contribution in [0, 0.1) is 0 Å². The smallest absolute Gasteiger partial charge is 0.253 e. The molecule has 1 atom stereocenters. The van der Waals surface area contributed by atoms with Crippen molar-refractivity contribution in [2.45, 2.75) is 18.9 Å². The van der Waals surface area contributed by atoms with E-state index in [2.05, 4.69) is 26.6 Å². The van der Waals surface area contributed by atoms with Gasteiger partial charge in [-0.1, -0.05) is 12.1 Å². The van der Waals surface area contributed by atoms with Gasteiger partial charge in [-0.15, -0.1) is 0 Å². The van der Waals surface area contributed by atoms with E-state index in [1.807, 2.05) is 12.3 Å². The lowest BCUT2D eigenvalue weighted by Gasteiger charge is -2.19. The van der Waals surface area contributed by atoms with Crippen molar-refractivity contribution in [1.29, 1.82) is 0 Å². The Morgan fingerprint density at radius 1 is 1.30 bits per heavy atom. The van der Waals surface area contributed by atoms with E-state index in [1.54, 1.807) is 30.0 Å². The Hall–Kier alpha value is -1.10. The second-order valence-electron chi connectivity index (χ2n) is 6.02. The van der Waals surface area contributed by atoms with E-state index in [1.165, 1.54) is 11.4 Å². The standard InChI is InChI=1S/C17H26BrN3O4S2/c1-21(27(3,24)25)11-6-10-19-17(23)15(9-12-26-2)20-16(22)13-7-4-5-8-14(13)18/h4-5,7-8,15H,6,9-12H2,1-3H3,(H,19,23)(H,20,22). The van der Waals surface area contributed by atoms with Gasteiger partial charge in [-0.3, -0.25) is 9.59 Å². The van der Waals surface area contributed by atoms with Crippen LogP contribution >= 0.6 is 27.7 Å². The molecule has 0 spiro atoms. The number of hydrogen-bond donors (Lipinski definition) is 2. The van der Waals surface area contributed by atoms with Gasteiger partial charge in [0.2, 0.25) is 15.9 Å². The fourth-order valence-corrected chi connectivity index (χ4v) is 3.59. The molecule has 1 aromatic carbocycles. The van der Waals surface area contributed by atoms with Crippen LogP contribution in [0.4, 0.5) is 0 Å². The number of sulfonamides is 1. The van der Waals surface area contributed by atoms with E-state index >= 15 is 0 Å². The van der Waals surface area contributed by atoms with Gasteiger partial charge in [0.1, 0.15) is 6.04 Å². The number of benzene rings is 1. The van der Waals surface area contributed by atoms with Crippen molar-refractivity contribution in [3.63, 3.8) is 0 Å². The third kappa shape index (κ3) is 8.63. The largest absolute Gasteiger partial charge is 0.354 e. The predicted molar refractivity (Wildman–Crippen MR) is 113 cm³/mol. The first-order chi connectivity index (χ1) is 12.7. The number of thioether (sulfide) groups is 1. The number of nitrogens with one attached hydrogen (secondary N) is 2. The van der Waals surface area contributed by atoms with Gasteiger partial charge in [0.15, 0.2) is 0 Å². The second kappa shape index (κ2) is 11.7. The van der Waals surface area contributed by atoms with Gasteiger partial charge >= 0.3 is 0 Å². The molecule has 0 aliphatic carbocycles. The lowest BCUT2D eigenvalue weighted by molar-refractivity contribution is -0.123. The highest BCUT2D eigenvalue weighted by Crippen LogP contribution is 2.16. The van der Waals surface area contributed by atoms with Gasteiger partial charge < -0.3 is 10.6 Å². The lowest BCUT2D eigenvalue weighted by Crippen LogP contribution is -2.47. The van der Waals surface area contributed by atoms with E-state index < -0.39 is 16.1 Å². The van der Waals surface area contributed by atoms with Crippen molar-refractivity contribution in [1.82, 2.24) is 14.9 Å². The van der Waals surface area contributed by atoms with Crippen molar-refractivity contribution in [3.8, 4) is 0 Å². The molecule has 0 heterocycles. The Morgan fingerprint density at radius 2 is 1.96 bits per heavy atom. The lowest BCUT2D eigenvalue weighted by atomic mass is 10.1. The van der Waals surface area contributed by atoms with Gasteiger partial charge in [0, 0.05) is 24.6 Å². The first-order valence-corrected chi connectivity index (χ1v) is 12.4. The molecular formula is C17H26BrN3O4S2. The summed E-state index contributed by atoms with van der Waals surface area (Å²) in [5, 5.41) is 5.56. The van der Waals surface area contributed by atoms with Gasteiger partial charge in [0.05, 0.1) is 11.8 Å². The van der Waals surface area contributed by atoms with Crippen LogP contribution in [0.15, 0.2) is 28.7 Å². The van der Waals surface area contributed by atoms with Gasteiger partial charge in [-0.05, 0) is 52.9 Å². The number of carbonyl (C=O) groups excluding carboxylic acids is 2. The number of nitrogens with zero attached hydrogens (tertiary/aromatic N) is 1. The molecule has 152 valence electrons. The number of rotatable bonds is 11. The Kier molecular flexibility index (Phi) is 10.4. The first-order valence-electron chi connectivity index (χ1n) is 8.40. The molecule has 2 amide bonds. The molecule has 0 bridgehead atoms. The molecule has 0 aromatic heterocycles. The summed E-state index contributed by atoms with van der Waals surface area (Å²) >= 11 is 4.93. The SMILES string of the molecule is CSCCC(NC(=O)c1ccccc1Br)C(=O)NCCCN(C)S(C)(=O)=O. The molecule has 0 fully saturated rings. The highest BCUT2D eigenvalue weighted by atomic mass is 79.9. The Labute approximate surface area is 173 Å². The quantitative estimate of drug-likeness (QED) is 0.470. The second-order valence-corrected chi connectivity index (χ2v) is 9.95. The van der Waals surface area contributed by atoms with Gasteiger partial charge in [0.25, 0.3) is 5.91 Å². The molecular weight excluding hydrogens is 454 g/mol. The third-order valence-corrected chi connectivity index (χ3v) is 6.52. The van der Waals surface area contributed by atoms with Crippen molar-refractivity contribution in [2.75, 3.05) is 38.4 Å². The maximum Gasteiger partial charge on any atom is 0.253 e. The Morgan fingerprint density at radius 3 is 2.56 bits per heavy atom. The summed E-state index contributed by atoms with van der Waals surface area (Å²) in [5.74, 6) is 0.137. The zero-order chi connectivity index (χ0) is 20.4. The van der Waals surface area contributed by atoms with Crippen molar-refractivity contribution >= 4 is 49.5 Å². The van der Waals surface area contributed by atoms with E-state index in [4.69, 9.17) is 0 Å². The molecule has 0 aliphatic rings. The summed E-state index contributed by atoms with van der Waals surface area (Å²) in [4.78, 5) is 24.9. The average Bonchev–Trinajstić information content (AvgIpc) is 2.61. The van der Waals surface area contributed by atoms with Crippen LogP contribution in [0.25, 0.3) is 0 Å². The summed E-state index contributed by atoms with van der Waals surface area (Å²) in [6, 6.07) is 6.37. The first kappa shape index (κ1) is 23.9. The fraction of sp³-hybridized carbons (Fsp3) is 0.529. The maximum atomic E-state index is 12.5. The molecule has 2 N–H and O–H groups in total. The summed E-state index contributed by atoms with van der Waals surface area (Å²) in [7, 11) is -1.73. The minimum atomic E-state index is -3.23. The van der Waals surface area contributed by atoms with Gasteiger partial charge in [-0.2, -0.15) is 11.8 Å². The number of halogens is 1. The normalized spacial score (nSPS) is 12.6.